The molecule has 11 heavy (non-hydrogen) atoms. The molecular weight excluding hydrogens is 208 g/mol. The maximum Gasteiger partial charge on any atom is 0.219 e. The topological polar surface area (TPSA) is 46.3 Å². The smallest absolute Gasteiger partial charge is 0.219 e. The van der Waals surface area contributed by atoms with Gasteiger partial charge >= 0.3 is 0 Å². The van der Waals surface area contributed by atoms with Gasteiger partial charge in [0.05, 0.1) is 0 Å². The lowest BCUT2D eigenvalue weighted by molar-refractivity contribution is -0.138. The Hall–Kier alpha value is -0.0900. The van der Waals surface area contributed by atoms with Crippen LogP contribution < -0.4 is 5.73 Å². The highest BCUT2D eigenvalue weighted by Gasteiger charge is 2.41. The van der Waals surface area contributed by atoms with E-state index in [-0.39, 0.29) is 11.3 Å². The number of hydrogen-bond donors (Lipinski definition) is 1. The van der Waals surface area contributed by atoms with Crippen molar-refractivity contribution in [1.82, 2.24) is 4.90 Å². The van der Waals surface area contributed by atoms with Crippen LogP contribution in [0.2, 0.25) is 0 Å². The lowest BCUT2D eigenvalue weighted by atomic mass is 9.82. The van der Waals surface area contributed by atoms with Gasteiger partial charge in [0.2, 0.25) is 5.91 Å². The quantitative estimate of drug-likeness (QED) is 0.676. The van der Waals surface area contributed by atoms with Crippen LogP contribution >= 0.6 is 15.9 Å². The maximum atomic E-state index is 10.8. The summed E-state index contributed by atoms with van der Waals surface area (Å²) < 4.78 is 0. The van der Waals surface area contributed by atoms with E-state index in [1.807, 2.05) is 4.90 Å². The summed E-state index contributed by atoms with van der Waals surface area (Å²) in [6, 6.07) is 0. The summed E-state index contributed by atoms with van der Waals surface area (Å²) in [7, 11) is 0. The molecule has 1 fully saturated rings. The van der Waals surface area contributed by atoms with Crippen LogP contribution in [0.1, 0.15) is 6.92 Å². The number of likely N-dealkylation sites (tertiary alicyclic amines) is 1. The van der Waals surface area contributed by atoms with E-state index in [1.165, 1.54) is 0 Å². The average molecular weight is 221 g/mol. The summed E-state index contributed by atoms with van der Waals surface area (Å²) in [5.74, 6) is 0.148. The molecule has 0 aromatic heterocycles. The zero-order chi connectivity index (χ0) is 8.48. The van der Waals surface area contributed by atoms with Crippen molar-refractivity contribution in [2.24, 2.45) is 11.1 Å². The van der Waals surface area contributed by atoms with Crippen molar-refractivity contribution in [3.8, 4) is 0 Å². The van der Waals surface area contributed by atoms with Crippen molar-refractivity contribution >= 4 is 21.8 Å². The van der Waals surface area contributed by atoms with Crippen LogP contribution in [0.25, 0.3) is 0 Å². The van der Waals surface area contributed by atoms with Gasteiger partial charge in [-0.2, -0.15) is 0 Å². The second-order valence-corrected chi connectivity index (χ2v) is 3.77. The van der Waals surface area contributed by atoms with Crippen LogP contribution in [-0.4, -0.2) is 35.8 Å². The van der Waals surface area contributed by atoms with Gasteiger partial charge in [0.15, 0.2) is 0 Å². The molecule has 1 amide bonds. The molecule has 3 nitrogen and oxygen atoms in total. The fraction of sp³-hybridized carbons (Fsp3) is 0.857. The first-order valence-electron chi connectivity index (χ1n) is 3.65. The molecule has 0 aromatic carbocycles. The predicted octanol–water partition coefficient (Wildman–Crippen LogP) is 0.189. The number of amides is 1. The molecule has 1 rings (SSSR count). The number of alkyl halides is 1. The van der Waals surface area contributed by atoms with Gasteiger partial charge in [0, 0.05) is 37.3 Å². The fourth-order valence-electron chi connectivity index (χ4n) is 1.25. The molecule has 0 aliphatic carbocycles. The number of rotatable bonds is 2. The first-order chi connectivity index (χ1) is 5.13. The van der Waals surface area contributed by atoms with Crippen molar-refractivity contribution in [3.05, 3.63) is 0 Å². The Balaban J connectivity index is 2.41. The fourth-order valence-corrected chi connectivity index (χ4v) is 1.84. The summed E-state index contributed by atoms with van der Waals surface area (Å²) in [6.07, 6.45) is 0. The third-order valence-electron chi connectivity index (χ3n) is 2.21. The van der Waals surface area contributed by atoms with Crippen molar-refractivity contribution in [1.29, 1.82) is 0 Å². The molecule has 1 heterocycles. The number of hydrogen-bond acceptors (Lipinski definition) is 2. The summed E-state index contributed by atoms with van der Waals surface area (Å²) in [5, 5.41) is 0.889. The molecule has 0 atom stereocenters. The van der Waals surface area contributed by atoms with Crippen LogP contribution in [-0.2, 0) is 4.79 Å². The lowest BCUT2D eigenvalue weighted by Gasteiger charge is -2.48. The highest BCUT2D eigenvalue weighted by molar-refractivity contribution is 9.09. The molecule has 0 saturated carbocycles. The van der Waals surface area contributed by atoms with Crippen LogP contribution in [0.5, 0.6) is 0 Å². The minimum absolute atomic E-state index is 0.148. The van der Waals surface area contributed by atoms with Gasteiger partial charge < -0.3 is 10.6 Å². The summed E-state index contributed by atoms with van der Waals surface area (Å²) in [4.78, 5) is 12.6. The van der Waals surface area contributed by atoms with E-state index < -0.39 is 0 Å². The molecule has 1 aliphatic heterocycles. The second-order valence-electron chi connectivity index (χ2n) is 3.21. The Morgan fingerprint density at radius 3 is 2.55 bits per heavy atom. The largest absolute Gasteiger partial charge is 0.342 e. The molecule has 1 saturated heterocycles. The van der Waals surface area contributed by atoms with E-state index in [2.05, 4.69) is 15.9 Å². The van der Waals surface area contributed by atoms with E-state index in [4.69, 9.17) is 5.73 Å². The minimum atomic E-state index is 0.148. The van der Waals surface area contributed by atoms with E-state index >= 15 is 0 Å². The lowest BCUT2D eigenvalue weighted by Crippen LogP contribution is -2.62. The van der Waals surface area contributed by atoms with Crippen molar-refractivity contribution in [2.75, 3.05) is 25.0 Å². The average Bonchev–Trinajstić information content (AvgIpc) is 1.87. The Morgan fingerprint density at radius 2 is 2.27 bits per heavy atom. The normalized spacial score (nSPS) is 21.2. The molecule has 64 valence electrons. The Labute approximate surface area is 75.1 Å². The van der Waals surface area contributed by atoms with Gasteiger partial charge in [-0.3, -0.25) is 4.79 Å². The second kappa shape index (κ2) is 3.11. The monoisotopic (exact) mass is 220 g/mol. The van der Waals surface area contributed by atoms with Crippen LogP contribution in [0, 0.1) is 5.41 Å². The number of carbonyl (C=O) groups excluding carboxylic acids is 1. The number of carbonyl (C=O) groups is 1. The van der Waals surface area contributed by atoms with Crippen LogP contribution in [0.15, 0.2) is 0 Å². The SMILES string of the molecule is CC(=O)N1CC(CN)(CBr)C1. The van der Waals surface area contributed by atoms with E-state index in [0.717, 1.165) is 18.4 Å². The molecule has 0 spiro atoms. The summed E-state index contributed by atoms with van der Waals surface area (Å²) in [6.45, 7) is 3.87. The van der Waals surface area contributed by atoms with Gasteiger partial charge in [-0.25, -0.2) is 0 Å². The van der Waals surface area contributed by atoms with Crippen LogP contribution in [0.3, 0.4) is 0 Å². The third kappa shape index (κ3) is 1.56. The standard InChI is InChI=1S/C7H13BrN2O/c1-6(11)10-4-7(2-8,3-9)5-10/h2-5,9H2,1H3. The molecule has 0 bridgehead atoms. The zero-order valence-electron chi connectivity index (χ0n) is 6.64. The molecular formula is C7H13BrN2O. The van der Waals surface area contributed by atoms with Crippen LogP contribution in [0.4, 0.5) is 0 Å². The number of nitrogens with two attached hydrogens (primary N) is 1. The zero-order valence-corrected chi connectivity index (χ0v) is 8.23. The Kier molecular flexibility index (Phi) is 2.54. The predicted molar refractivity (Wildman–Crippen MR) is 47.5 cm³/mol. The van der Waals surface area contributed by atoms with Crippen molar-refractivity contribution < 1.29 is 4.79 Å². The summed E-state index contributed by atoms with van der Waals surface area (Å²) >= 11 is 3.40. The van der Waals surface area contributed by atoms with Gasteiger partial charge in [-0.05, 0) is 0 Å². The highest BCUT2D eigenvalue weighted by atomic mass is 79.9. The Morgan fingerprint density at radius 1 is 1.73 bits per heavy atom. The third-order valence-corrected chi connectivity index (χ3v) is 3.40. The van der Waals surface area contributed by atoms with Gasteiger partial charge in [-0.1, -0.05) is 15.9 Å². The molecule has 2 N–H and O–H groups in total. The number of nitrogens with zero attached hydrogens (tertiary/aromatic N) is 1. The Bertz CT molecular complexity index is 160. The van der Waals surface area contributed by atoms with E-state index in [9.17, 15) is 4.79 Å². The highest BCUT2D eigenvalue weighted by Crippen LogP contribution is 2.30. The first-order valence-corrected chi connectivity index (χ1v) is 4.77. The minimum Gasteiger partial charge on any atom is -0.342 e. The molecule has 1 aliphatic rings. The molecule has 4 heteroatoms. The first kappa shape index (κ1) is 9.00. The van der Waals surface area contributed by atoms with E-state index in [0.29, 0.717) is 6.54 Å². The van der Waals surface area contributed by atoms with Gasteiger partial charge in [0.25, 0.3) is 0 Å². The van der Waals surface area contributed by atoms with Crippen molar-refractivity contribution in [2.45, 2.75) is 6.92 Å². The molecule has 0 aromatic rings. The molecule has 0 radical (unpaired) electrons. The summed E-state index contributed by atoms with van der Waals surface area (Å²) in [5.41, 5.74) is 5.73. The van der Waals surface area contributed by atoms with Crippen molar-refractivity contribution in [3.63, 3.8) is 0 Å². The maximum absolute atomic E-state index is 10.8. The van der Waals surface area contributed by atoms with Gasteiger partial charge in [-0.15, -0.1) is 0 Å². The molecule has 0 unspecified atom stereocenters. The number of halogens is 1. The van der Waals surface area contributed by atoms with E-state index in [1.54, 1.807) is 6.92 Å². The van der Waals surface area contributed by atoms with Gasteiger partial charge in [0.1, 0.15) is 0 Å².